The molecule has 0 radical (unpaired) electrons. The van der Waals surface area contributed by atoms with Gasteiger partial charge in [0.25, 0.3) is 5.89 Å². The van der Waals surface area contributed by atoms with Gasteiger partial charge in [0.2, 0.25) is 5.82 Å². The van der Waals surface area contributed by atoms with Gasteiger partial charge in [0.05, 0.1) is 6.42 Å². The fraction of sp³-hybridized carbons (Fsp3) is 0.304. The minimum atomic E-state index is -0.462. The summed E-state index contributed by atoms with van der Waals surface area (Å²) in [5.41, 5.74) is 4.09. The summed E-state index contributed by atoms with van der Waals surface area (Å²) in [5, 5.41) is 3.88. The van der Waals surface area contributed by atoms with Crippen LogP contribution in [0.2, 0.25) is 0 Å². The minimum absolute atomic E-state index is 0.0234. The molecule has 0 amide bonds. The van der Waals surface area contributed by atoms with E-state index in [1.165, 1.54) is 24.0 Å². The topological polar surface area (TPSA) is 82.3 Å². The number of ether oxygens (including phenoxy) is 1. The number of ketones is 1. The molecule has 0 spiro atoms. The highest BCUT2D eigenvalue weighted by atomic mass is 16.6. The number of aromatic nitrogens is 2. The fourth-order valence-electron chi connectivity index (χ4n) is 3.50. The number of esters is 1. The number of nitrogens with zero attached hydrogens (tertiary/aromatic N) is 2. The van der Waals surface area contributed by atoms with Gasteiger partial charge < -0.3 is 9.26 Å². The second kappa shape index (κ2) is 8.82. The van der Waals surface area contributed by atoms with Crippen molar-refractivity contribution in [2.75, 3.05) is 0 Å². The quantitative estimate of drug-likeness (QED) is 0.441. The van der Waals surface area contributed by atoms with Crippen LogP contribution in [0.4, 0.5) is 0 Å². The summed E-state index contributed by atoms with van der Waals surface area (Å²) < 4.78 is 10.3. The van der Waals surface area contributed by atoms with E-state index in [9.17, 15) is 9.59 Å². The van der Waals surface area contributed by atoms with Crippen molar-refractivity contribution >= 4 is 11.8 Å². The molecule has 1 heterocycles. The van der Waals surface area contributed by atoms with Gasteiger partial charge in [-0.3, -0.25) is 9.59 Å². The van der Waals surface area contributed by atoms with Gasteiger partial charge in [-0.05, 0) is 42.9 Å². The number of fused-ring (bicyclic) bond motifs is 1. The maximum absolute atomic E-state index is 12.4. The molecule has 1 aromatic heterocycles. The lowest BCUT2D eigenvalue weighted by molar-refractivity contribution is -0.145. The zero-order valence-electron chi connectivity index (χ0n) is 16.1. The van der Waals surface area contributed by atoms with Crippen LogP contribution in [0.3, 0.4) is 0 Å². The van der Waals surface area contributed by atoms with E-state index >= 15 is 0 Å². The molecular formula is C23H22N2O4. The van der Waals surface area contributed by atoms with Crippen LogP contribution in [0.5, 0.6) is 0 Å². The molecule has 3 aromatic rings. The van der Waals surface area contributed by atoms with Gasteiger partial charge in [-0.25, -0.2) is 0 Å². The summed E-state index contributed by atoms with van der Waals surface area (Å²) in [4.78, 5) is 28.6. The van der Waals surface area contributed by atoms with Crippen LogP contribution in [0.25, 0.3) is 11.4 Å². The van der Waals surface area contributed by atoms with E-state index in [2.05, 4.69) is 10.1 Å². The van der Waals surface area contributed by atoms with Crippen molar-refractivity contribution in [1.82, 2.24) is 10.1 Å². The van der Waals surface area contributed by atoms with Crippen LogP contribution in [0.1, 0.15) is 53.1 Å². The predicted molar refractivity (Wildman–Crippen MR) is 106 cm³/mol. The van der Waals surface area contributed by atoms with Crippen LogP contribution in [-0.2, 0) is 29.0 Å². The molecule has 0 saturated carbocycles. The number of carbonyl (C=O) groups excluding carboxylic acids is 2. The van der Waals surface area contributed by atoms with E-state index in [0.717, 1.165) is 18.4 Å². The fourth-order valence-corrected chi connectivity index (χ4v) is 3.50. The number of benzene rings is 2. The number of hydrogen-bond donors (Lipinski definition) is 0. The van der Waals surface area contributed by atoms with Crippen molar-refractivity contribution in [2.45, 2.75) is 45.1 Å². The second-order valence-corrected chi connectivity index (χ2v) is 7.15. The summed E-state index contributed by atoms with van der Waals surface area (Å²) in [7, 11) is 0. The molecule has 148 valence electrons. The Labute approximate surface area is 168 Å². The van der Waals surface area contributed by atoms with Crippen molar-refractivity contribution in [3.8, 4) is 11.4 Å². The minimum Gasteiger partial charge on any atom is -0.456 e. The monoisotopic (exact) mass is 390 g/mol. The Hall–Kier alpha value is -3.28. The van der Waals surface area contributed by atoms with Gasteiger partial charge in [0, 0.05) is 17.5 Å². The standard InChI is InChI=1S/C23H22N2O4/c26-20(19-11-10-16-6-4-5-9-18(16)14-19)12-13-22(27)28-15-21-24-23(25-29-21)17-7-2-1-3-8-17/h1-3,7-8,10-11,14H,4-6,9,12-13,15H2. The predicted octanol–water partition coefficient (Wildman–Crippen LogP) is 4.32. The molecule has 0 saturated heterocycles. The Morgan fingerprint density at radius 2 is 1.76 bits per heavy atom. The third-order valence-electron chi connectivity index (χ3n) is 5.08. The highest BCUT2D eigenvalue weighted by Crippen LogP contribution is 2.23. The number of carbonyl (C=O) groups is 2. The van der Waals surface area contributed by atoms with E-state index in [1.807, 2.05) is 48.5 Å². The van der Waals surface area contributed by atoms with Crippen molar-refractivity contribution in [3.05, 3.63) is 71.1 Å². The van der Waals surface area contributed by atoms with Crippen molar-refractivity contribution < 1.29 is 18.8 Å². The molecule has 0 N–H and O–H groups in total. The molecule has 0 aliphatic heterocycles. The second-order valence-electron chi connectivity index (χ2n) is 7.15. The average molecular weight is 390 g/mol. The Balaban J connectivity index is 1.26. The van der Waals surface area contributed by atoms with Crippen molar-refractivity contribution in [2.24, 2.45) is 0 Å². The molecule has 6 nitrogen and oxygen atoms in total. The lowest BCUT2D eigenvalue weighted by Crippen LogP contribution is -2.10. The van der Waals surface area contributed by atoms with Crippen LogP contribution in [0.15, 0.2) is 53.1 Å². The molecule has 0 fully saturated rings. The molecule has 4 rings (SSSR count). The number of rotatable bonds is 7. The number of Topliss-reactive ketones (excluding diaryl/α,β-unsaturated/α-hetero) is 1. The van der Waals surface area contributed by atoms with Gasteiger partial charge in [0.15, 0.2) is 12.4 Å². The lowest BCUT2D eigenvalue weighted by Gasteiger charge is -2.16. The van der Waals surface area contributed by atoms with E-state index in [4.69, 9.17) is 9.26 Å². The summed E-state index contributed by atoms with van der Waals surface area (Å²) >= 11 is 0. The first kappa shape index (κ1) is 19.1. The maximum Gasteiger partial charge on any atom is 0.306 e. The van der Waals surface area contributed by atoms with Crippen molar-refractivity contribution in [1.29, 1.82) is 0 Å². The summed E-state index contributed by atoms with van der Waals surface area (Å²) in [6.07, 6.45) is 4.62. The van der Waals surface area contributed by atoms with Crippen LogP contribution < -0.4 is 0 Å². The molecule has 6 heteroatoms. The largest absolute Gasteiger partial charge is 0.456 e. The molecule has 0 unspecified atom stereocenters. The van der Waals surface area contributed by atoms with E-state index in [1.54, 1.807) is 0 Å². The lowest BCUT2D eigenvalue weighted by atomic mass is 9.89. The number of aryl methyl sites for hydroxylation is 2. The van der Waals surface area contributed by atoms with E-state index in [0.29, 0.717) is 11.4 Å². The molecule has 0 atom stereocenters. The van der Waals surface area contributed by atoms with Crippen LogP contribution in [0, 0.1) is 0 Å². The smallest absolute Gasteiger partial charge is 0.306 e. The molecular weight excluding hydrogens is 368 g/mol. The molecule has 1 aliphatic rings. The average Bonchev–Trinajstić information content (AvgIpc) is 3.25. The Morgan fingerprint density at radius 1 is 0.966 bits per heavy atom. The first-order valence-electron chi connectivity index (χ1n) is 9.88. The summed E-state index contributed by atoms with van der Waals surface area (Å²) in [6.45, 7) is -0.105. The summed E-state index contributed by atoms with van der Waals surface area (Å²) in [6, 6.07) is 15.3. The van der Waals surface area contributed by atoms with Crippen molar-refractivity contribution in [3.63, 3.8) is 0 Å². The summed E-state index contributed by atoms with van der Waals surface area (Å²) in [5.74, 6) is 0.160. The molecule has 2 aromatic carbocycles. The molecule has 1 aliphatic carbocycles. The van der Waals surface area contributed by atoms with Gasteiger partial charge in [-0.15, -0.1) is 0 Å². The zero-order chi connectivity index (χ0) is 20.1. The highest BCUT2D eigenvalue weighted by molar-refractivity contribution is 5.97. The van der Waals surface area contributed by atoms with Crippen LogP contribution >= 0.6 is 0 Å². The maximum atomic E-state index is 12.4. The Bertz CT molecular complexity index is 1010. The normalized spacial score (nSPS) is 13.0. The van der Waals surface area contributed by atoms with Gasteiger partial charge in [0.1, 0.15) is 0 Å². The van der Waals surface area contributed by atoms with Crippen LogP contribution in [-0.4, -0.2) is 21.9 Å². The number of hydrogen-bond acceptors (Lipinski definition) is 6. The highest BCUT2D eigenvalue weighted by Gasteiger charge is 2.15. The van der Waals surface area contributed by atoms with E-state index in [-0.39, 0.29) is 31.1 Å². The zero-order valence-corrected chi connectivity index (χ0v) is 16.1. The third-order valence-corrected chi connectivity index (χ3v) is 5.08. The SMILES string of the molecule is O=C(CCC(=O)c1ccc2c(c1)CCCC2)OCc1nc(-c2ccccc2)no1. The Morgan fingerprint density at radius 3 is 2.59 bits per heavy atom. The Kier molecular flexibility index (Phi) is 5.79. The van der Waals surface area contributed by atoms with Gasteiger partial charge in [-0.1, -0.05) is 47.6 Å². The van der Waals surface area contributed by atoms with Gasteiger partial charge >= 0.3 is 5.97 Å². The first-order chi connectivity index (χ1) is 14.2. The van der Waals surface area contributed by atoms with E-state index < -0.39 is 5.97 Å². The first-order valence-corrected chi connectivity index (χ1v) is 9.88. The third kappa shape index (κ3) is 4.77. The molecule has 0 bridgehead atoms. The van der Waals surface area contributed by atoms with Gasteiger partial charge in [-0.2, -0.15) is 4.98 Å². The molecule has 29 heavy (non-hydrogen) atoms.